The van der Waals surface area contributed by atoms with Crippen LogP contribution in [-0.2, 0) is 15.9 Å². The Bertz CT molecular complexity index is 647. The van der Waals surface area contributed by atoms with Crippen LogP contribution in [0.4, 0.5) is 0 Å². The Hall–Kier alpha value is -2.00. The summed E-state index contributed by atoms with van der Waals surface area (Å²) in [6.45, 7) is 4.30. The predicted octanol–water partition coefficient (Wildman–Crippen LogP) is 4.34. The van der Waals surface area contributed by atoms with Crippen molar-refractivity contribution in [1.29, 1.82) is 0 Å². The van der Waals surface area contributed by atoms with Crippen LogP contribution >= 0.6 is 0 Å². The molecule has 0 amide bonds. The van der Waals surface area contributed by atoms with Gasteiger partial charge in [0.1, 0.15) is 22.7 Å². The maximum absolute atomic E-state index is 9.52. The van der Waals surface area contributed by atoms with Gasteiger partial charge in [0.2, 0.25) is 0 Å². The maximum atomic E-state index is 9.52. The van der Waals surface area contributed by atoms with Gasteiger partial charge in [0.25, 0.3) is 0 Å². The van der Waals surface area contributed by atoms with Crippen LogP contribution in [0.25, 0.3) is 0 Å². The lowest BCUT2D eigenvalue weighted by Gasteiger charge is -2.19. The van der Waals surface area contributed by atoms with Crippen LogP contribution in [0.15, 0.2) is 48.5 Å². The highest BCUT2D eigenvalue weighted by atomic mass is 16.6. The van der Waals surface area contributed by atoms with E-state index in [1.807, 2.05) is 24.3 Å². The molecule has 3 nitrogen and oxygen atoms in total. The van der Waals surface area contributed by atoms with Gasteiger partial charge in [-0.05, 0) is 48.2 Å². The number of rotatable bonds is 5. The Morgan fingerprint density at radius 1 is 0.864 bits per heavy atom. The first-order valence-electron chi connectivity index (χ1n) is 7.76. The van der Waals surface area contributed by atoms with Gasteiger partial charge in [-0.15, -0.1) is 0 Å². The molecule has 1 saturated heterocycles. The second-order valence-corrected chi connectivity index (χ2v) is 5.74. The van der Waals surface area contributed by atoms with Crippen LogP contribution in [0.3, 0.4) is 0 Å². The number of hydrogen-bond donors (Lipinski definition) is 1. The molecule has 1 heterocycles. The first-order chi connectivity index (χ1) is 10.6. The monoisotopic (exact) mass is 298 g/mol. The third kappa shape index (κ3) is 2.00. The third-order valence-electron chi connectivity index (χ3n) is 4.84. The Kier molecular flexibility index (Phi) is 3.61. The van der Waals surface area contributed by atoms with E-state index in [2.05, 4.69) is 26.0 Å². The molecule has 3 heteroatoms. The molecule has 0 bridgehead atoms. The van der Waals surface area contributed by atoms with Crippen LogP contribution in [0, 0.1) is 0 Å². The van der Waals surface area contributed by atoms with Gasteiger partial charge in [0.15, 0.2) is 0 Å². The summed E-state index contributed by atoms with van der Waals surface area (Å²) in [6.07, 6.45) is 1.78. The fraction of sp³-hybridized carbons (Fsp3) is 0.368. The molecule has 1 aliphatic rings. The molecule has 3 rings (SSSR count). The van der Waals surface area contributed by atoms with Gasteiger partial charge in [0.05, 0.1) is 7.11 Å². The second kappa shape index (κ2) is 5.33. The smallest absolute Gasteiger partial charge is 0.127 e. The molecule has 2 aromatic carbocycles. The van der Waals surface area contributed by atoms with E-state index in [1.54, 1.807) is 19.2 Å². The number of phenols is 1. The van der Waals surface area contributed by atoms with Gasteiger partial charge >= 0.3 is 0 Å². The average Bonchev–Trinajstić information content (AvgIpc) is 3.26. The zero-order chi connectivity index (χ0) is 15.8. The van der Waals surface area contributed by atoms with Gasteiger partial charge < -0.3 is 14.6 Å². The third-order valence-corrected chi connectivity index (χ3v) is 4.84. The molecule has 2 atom stereocenters. The van der Waals surface area contributed by atoms with Crippen molar-refractivity contribution in [1.82, 2.24) is 0 Å². The van der Waals surface area contributed by atoms with E-state index in [0.29, 0.717) is 0 Å². The molecule has 0 radical (unpaired) electrons. The molecular formula is C19H22O3. The van der Waals surface area contributed by atoms with Crippen molar-refractivity contribution in [2.75, 3.05) is 7.11 Å². The molecule has 0 aromatic heterocycles. The summed E-state index contributed by atoms with van der Waals surface area (Å²) < 4.78 is 11.6. The number of hydrogen-bond acceptors (Lipinski definition) is 3. The molecule has 116 valence electrons. The topological polar surface area (TPSA) is 42.0 Å². The summed E-state index contributed by atoms with van der Waals surface area (Å²) in [5, 5.41) is 9.52. The lowest BCUT2D eigenvalue weighted by molar-refractivity contribution is 0.255. The van der Waals surface area contributed by atoms with Crippen molar-refractivity contribution in [3.8, 4) is 11.5 Å². The Labute approximate surface area is 131 Å². The standard InChI is InChI=1S/C19H22O3/c1-4-18(14-6-10-16(20)11-7-14)19(5-2,22-18)15-8-12-17(21-3)13-9-15/h6-13,20H,4-5H2,1-3H3/t18-,19-/m0/s1. The van der Waals surface area contributed by atoms with Crippen molar-refractivity contribution < 1.29 is 14.6 Å². The molecule has 1 aliphatic heterocycles. The van der Waals surface area contributed by atoms with Crippen LogP contribution in [-0.4, -0.2) is 12.2 Å². The average molecular weight is 298 g/mol. The van der Waals surface area contributed by atoms with E-state index in [9.17, 15) is 5.11 Å². The summed E-state index contributed by atoms with van der Waals surface area (Å²) in [6, 6.07) is 15.5. The Morgan fingerprint density at radius 2 is 1.32 bits per heavy atom. The van der Waals surface area contributed by atoms with E-state index < -0.39 is 0 Å². The molecule has 0 saturated carbocycles. The fourth-order valence-corrected chi connectivity index (χ4v) is 3.57. The highest BCUT2D eigenvalue weighted by Gasteiger charge is 2.69. The van der Waals surface area contributed by atoms with E-state index in [4.69, 9.17) is 9.47 Å². The molecular weight excluding hydrogens is 276 g/mol. The van der Waals surface area contributed by atoms with Crippen molar-refractivity contribution in [3.63, 3.8) is 0 Å². The summed E-state index contributed by atoms with van der Waals surface area (Å²) in [5.74, 6) is 1.13. The van der Waals surface area contributed by atoms with Crippen LogP contribution in [0.5, 0.6) is 11.5 Å². The van der Waals surface area contributed by atoms with Crippen LogP contribution in [0.2, 0.25) is 0 Å². The van der Waals surface area contributed by atoms with E-state index >= 15 is 0 Å². The largest absolute Gasteiger partial charge is 0.508 e. The Morgan fingerprint density at radius 3 is 1.73 bits per heavy atom. The van der Waals surface area contributed by atoms with E-state index in [0.717, 1.165) is 24.2 Å². The van der Waals surface area contributed by atoms with E-state index in [-0.39, 0.29) is 17.0 Å². The quantitative estimate of drug-likeness (QED) is 0.835. The lowest BCUT2D eigenvalue weighted by atomic mass is 9.78. The molecule has 1 fully saturated rings. The minimum absolute atomic E-state index is 0.280. The van der Waals surface area contributed by atoms with Crippen LogP contribution in [0.1, 0.15) is 37.8 Å². The van der Waals surface area contributed by atoms with Gasteiger partial charge in [-0.3, -0.25) is 0 Å². The molecule has 1 N–H and O–H groups in total. The normalized spacial score (nSPS) is 26.7. The zero-order valence-electron chi connectivity index (χ0n) is 13.3. The highest BCUT2D eigenvalue weighted by Crippen LogP contribution is 2.66. The summed E-state index contributed by atoms with van der Waals surface area (Å²) in [5.41, 5.74) is 1.67. The first-order valence-corrected chi connectivity index (χ1v) is 7.76. The van der Waals surface area contributed by atoms with Crippen molar-refractivity contribution in [2.24, 2.45) is 0 Å². The SMILES string of the molecule is CC[C@@]1(c2ccc(O)cc2)O[C@@]1(CC)c1ccc(OC)cc1. The molecule has 0 unspecified atom stereocenters. The van der Waals surface area contributed by atoms with E-state index in [1.165, 1.54) is 5.56 Å². The zero-order valence-corrected chi connectivity index (χ0v) is 13.3. The second-order valence-electron chi connectivity index (χ2n) is 5.74. The number of phenolic OH excluding ortho intramolecular Hbond substituents is 1. The fourth-order valence-electron chi connectivity index (χ4n) is 3.57. The van der Waals surface area contributed by atoms with Crippen LogP contribution < -0.4 is 4.74 Å². The predicted molar refractivity (Wildman–Crippen MR) is 86.1 cm³/mol. The molecule has 0 spiro atoms. The summed E-state index contributed by atoms with van der Waals surface area (Å²) >= 11 is 0. The maximum Gasteiger partial charge on any atom is 0.127 e. The van der Waals surface area contributed by atoms with Crippen molar-refractivity contribution in [2.45, 2.75) is 37.9 Å². The number of epoxide rings is 1. The molecule has 22 heavy (non-hydrogen) atoms. The Balaban J connectivity index is 2.01. The first kappa shape index (κ1) is 14.9. The number of benzene rings is 2. The highest BCUT2D eigenvalue weighted by molar-refractivity contribution is 5.44. The lowest BCUT2D eigenvalue weighted by Crippen LogP contribution is -2.21. The van der Waals surface area contributed by atoms with Gasteiger partial charge in [-0.1, -0.05) is 38.1 Å². The number of ether oxygens (including phenoxy) is 2. The van der Waals surface area contributed by atoms with Crippen molar-refractivity contribution >= 4 is 0 Å². The van der Waals surface area contributed by atoms with Gasteiger partial charge in [-0.2, -0.15) is 0 Å². The van der Waals surface area contributed by atoms with Gasteiger partial charge in [-0.25, -0.2) is 0 Å². The van der Waals surface area contributed by atoms with Crippen molar-refractivity contribution in [3.05, 3.63) is 59.7 Å². The minimum Gasteiger partial charge on any atom is -0.508 e. The summed E-state index contributed by atoms with van der Waals surface area (Å²) in [7, 11) is 1.67. The molecule has 2 aromatic rings. The van der Waals surface area contributed by atoms with Gasteiger partial charge in [0, 0.05) is 0 Å². The number of aromatic hydroxyl groups is 1. The molecule has 0 aliphatic carbocycles. The number of methoxy groups -OCH3 is 1. The minimum atomic E-state index is -0.315. The summed E-state index contributed by atoms with van der Waals surface area (Å²) in [4.78, 5) is 0.